The monoisotopic (exact) mass is 188 g/mol. The van der Waals surface area contributed by atoms with Gasteiger partial charge in [-0.15, -0.1) is 0 Å². The summed E-state index contributed by atoms with van der Waals surface area (Å²) >= 11 is 1.74. The highest BCUT2D eigenvalue weighted by atomic mass is 32.2. The molecule has 1 fully saturated rings. The van der Waals surface area contributed by atoms with Crippen LogP contribution in [0.25, 0.3) is 0 Å². The summed E-state index contributed by atoms with van der Waals surface area (Å²) in [5.41, 5.74) is 0. The normalized spacial score (nSPS) is 18.9. The van der Waals surface area contributed by atoms with Crippen LogP contribution in [-0.2, 0) is 4.79 Å². The number of hydrogen-bond acceptors (Lipinski definition) is 3. The number of amides is 1. The van der Waals surface area contributed by atoms with Crippen LogP contribution in [0.5, 0.6) is 0 Å². The molecule has 70 valence electrons. The second-order valence-corrected chi connectivity index (χ2v) is 4.34. The Morgan fingerprint density at radius 3 is 2.92 bits per heavy atom. The van der Waals surface area contributed by atoms with Gasteiger partial charge in [-0.1, -0.05) is 0 Å². The summed E-state index contributed by atoms with van der Waals surface area (Å²) in [6, 6.07) is 0. The van der Waals surface area contributed by atoms with Gasteiger partial charge in [0, 0.05) is 25.4 Å². The van der Waals surface area contributed by atoms with Crippen molar-refractivity contribution in [1.82, 2.24) is 9.80 Å². The molecule has 12 heavy (non-hydrogen) atoms. The molecule has 0 aromatic heterocycles. The summed E-state index contributed by atoms with van der Waals surface area (Å²) in [5.74, 6) is 2.07. The molecule has 1 heterocycles. The third kappa shape index (κ3) is 3.03. The molecule has 0 bridgehead atoms. The molecule has 1 amide bonds. The van der Waals surface area contributed by atoms with E-state index < -0.39 is 0 Å². The van der Waals surface area contributed by atoms with Crippen LogP contribution in [-0.4, -0.2) is 60.9 Å². The average molecular weight is 188 g/mol. The van der Waals surface area contributed by atoms with E-state index >= 15 is 0 Å². The number of hydrogen-bond donors (Lipinski definition) is 0. The molecule has 0 aromatic carbocycles. The lowest BCUT2D eigenvalue weighted by Crippen LogP contribution is -2.41. The van der Waals surface area contributed by atoms with Gasteiger partial charge in [-0.2, -0.15) is 11.8 Å². The van der Waals surface area contributed by atoms with Crippen LogP contribution in [0.15, 0.2) is 0 Å². The van der Waals surface area contributed by atoms with Gasteiger partial charge in [0.25, 0.3) is 0 Å². The fraction of sp³-hybridized carbons (Fsp3) is 0.875. The van der Waals surface area contributed by atoms with Crippen LogP contribution in [0.2, 0.25) is 0 Å². The molecule has 1 aliphatic rings. The molecular formula is C8H16N2OS. The van der Waals surface area contributed by atoms with E-state index in [-0.39, 0.29) is 0 Å². The van der Waals surface area contributed by atoms with E-state index in [1.165, 1.54) is 0 Å². The summed E-state index contributed by atoms with van der Waals surface area (Å²) in [7, 11) is 4.06. The Hall–Kier alpha value is -0.220. The second kappa shape index (κ2) is 4.72. The Labute approximate surface area is 78.1 Å². The summed E-state index contributed by atoms with van der Waals surface area (Å²) < 4.78 is 0. The first-order valence-corrected chi connectivity index (χ1v) is 5.36. The maximum Gasteiger partial charge on any atom is 0.232 e. The van der Waals surface area contributed by atoms with Crippen molar-refractivity contribution in [2.24, 2.45) is 0 Å². The van der Waals surface area contributed by atoms with Crippen molar-refractivity contribution in [3.63, 3.8) is 0 Å². The Bertz CT molecular complexity index is 161. The quantitative estimate of drug-likeness (QED) is 0.629. The molecule has 4 heteroatoms. The van der Waals surface area contributed by atoms with Gasteiger partial charge in [-0.05, 0) is 14.1 Å². The maximum atomic E-state index is 11.3. The van der Waals surface area contributed by atoms with Gasteiger partial charge < -0.3 is 9.80 Å². The van der Waals surface area contributed by atoms with Crippen molar-refractivity contribution in [3.8, 4) is 0 Å². The number of thioether (sulfide) groups is 1. The van der Waals surface area contributed by atoms with Gasteiger partial charge >= 0.3 is 0 Å². The first kappa shape index (κ1) is 9.86. The van der Waals surface area contributed by atoms with Gasteiger partial charge in [-0.25, -0.2) is 0 Å². The molecule has 3 nitrogen and oxygen atoms in total. The van der Waals surface area contributed by atoms with Gasteiger partial charge in [-0.3, -0.25) is 4.79 Å². The third-order valence-electron chi connectivity index (χ3n) is 1.90. The van der Waals surface area contributed by atoms with Crippen molar-refractivity contribution in [1.29, 1.82) is 0 Å². The molecule has 0 aromatic rings. The van der Waals surface area contributed by atoms with E-state index in [1.54, 1.807) is 11.8 Å². The number of nitrogens with zero attached hydrogens (tertiary/aromatic N) is 2. The average Bonchev–Trinajstić information content (AvgIpc) is 2.03. The summed E-state index contributed by atoms with van der Waals surface area (Å²) in [5, 5.41) is 0. The molecule has 0 spiro atoms. The van der Waals surface area contributed by atoms with Gasteiger partial charge in [0.05, 0.1) is 5.75 Å². The van der Waals surface area contributed by atoms with Crippen LogP contribution in [0.1, 0.15) is 0 Å². The lowest BCUT2D eigenvalue weighted by atomic mass is 10.4. The highest BCUT2D eigenvalue weighted by Gasteiger charge is 2.17. The summed E-state index contributed by atoms with van der Waals surface area (Å²) in [6.07, 6.45) is 0. The van der Waals surface area contributed by atoms with Crippen molar-refractivity contribution in [3.05, 3.63) is 0 Å². The van der Waals surface area contributed by atoms with Crippen molar-refractivity contribution in [2.75, 3.05) is 45.2 Å². The first-order valence-electron chi connectivity index (χ1n) is 4.20. The molecule has 0 N–H and O–H groups in total. The predicted molar refractivity (Wildman–Crippen MR) is 52.5 cm³/mol. The summed E-state index contributed by atoms with van der Waals surface area (Å²) in [4.78, 5) is 15.4. The topological polar surface area (TPSA) is 23.6 Å². The number of likely N-dealkylation sites (N-methyl/N-ethyl adjacent to an activating group) is 1. The van der Waals surface area contributed by atoms with Gasteiger partial charge in [0.1, 0.15) is 0 Å². The third-order valence-corrected chi connectivity index (χ3v) is 2.82. The van der Waals surface area contributed by atoms with Crippen LogP contribution in [0.3, 0.4) is 0 Å². The SMILES string of the molecule is CN(C)CCN1CCSCC1=O. The van der Waals surface area contributed by atoms with Crippen LogP contribution in [0.4, 0.5) is 0 Å². The highest BCUT2D eigenvalue weighted by Crippen LogP contribution is 2.09. The van der Waals surface area contributed by atoms with Crippen LogP contribution >= 0.6 is 11.8 Å². The fourth-order valence-corrected chi connectivity index (χ4v) is 1.96. The van der Waals surface area contributed by atoms with E-state index in [9.17, 15) is 4.79 Å². The fourth-order valence-electron chi connectivity index (χ4n) is 1.11. The largest absolute Gasteiger partial charge is 0.340 e. The molecule has 1 aliphatic heterocycles. The molecule has 1 rings (SSSR count). The van der Waals surface area contributed by atoms with Gasteiger partial charge in [0.2, 0.25) is 5.91 Å². The molecule has 0 atom stereocenters. The van der Waals surface area contributed by atoms with E-state index in [0.717, 1.165) is 25.4 Å². The Balaban J connectivity index is 2.25. The lowest BCUT2D eigenvalue weighted by Gasteiger charge is -2.27. The molecule has 1 saturated heterocycles. The van der Waals surface area contributed by atoms with E-state index in [4.69, 9.17) is 0 Å². The zero-order chi connectivity index (χ0) is 8.97. The Kier molecular flexibility index (Phi) is 3.88. The Morgan fingerprint density at radius 2 is 2.33 bits per heavy atom. The highest BCUT2D eigenvalue weighted by molar-refractivity contribution is 8.00. The minimum absolute atomic E-state index is 0.299. The number of rotatable bonds is 3. The summed E-state index contributed by atoms with van der Waals surface area (Å²) in [6.45, 7) is 2.78. The minimum Gasteiger partial charge on any atom is -0.340 e. The van der Waals surface area contributed by atoms with Crippen molar-refractivity contribution >= 4 is 17.7 Å². The Morgan fingerprint density at radius 1 is 1.58 bits per heavy atom. The molecule has 0 saturated carbocycles. The lowest BCUT2D eigenvalue weighted by molar-refractivity contribution is -0.128. The first-order chi connectivity index (χ1) is 5.70. The predicted octanol–water partition coefficient (Wildman–Crippen LogP) is 0.123. The zero-order valence-corrected chi connectivity index (χ0v) is 8.56. The molecule has 0 unspecified atom stereocenters. The molecule has 0 aliphatic carbocycles. The molecular weight excluding hydrogens is 172 g/mol. The van der Waals surface area contributed by atoms with Crippen molar-refractivity contribution in [2.45, 2.75) is 0 Å². The van der Waals surface area contributed by atoms with E-state index in [2.05, 4.69) is 4.90 Å². The van der Waals surface area contributed by atoms with E-state index in [0.29, 0.717) is 11.7 Å². The standard InChI is InChI=1S/C8H16N2OS/c1-9(2)3-4-10-5-6-12-7-8(10)11/h3-7H2,1-2H3. The molecule has 0 radical (unpaired) electrons. The van der Waals surface area contributed by atoms with E-state index in [1.807, 2.05) is 19.0 Å². The van der Waals surface area contributed by atoms with Crippen LogP contribution < -0.4 is 0 Å². The van der Waals surface area contributed by atoms with Gasteiger partial charge in [0.15, 0.2) is 0 Å². The number of carbonyl (C=O) groups excluding carboxylic acids is 1. The number of carbonyl (C=O) groups is 1. The van der Waals surface area contributed by atoms with Crippen LogP contribution in [0, 0.1) is 0 Å². The maximum absolute atomic E-state index is 11.3. The smallest absolute Gasteiger partial charge is 0.232 e. The minimum atomic E-state index is 0.299. The van der Waals surface area contributed by atoms with Crippen molar-refractivity contribution < 1.29 is 4.79 Å². The zero-order valence-electron chi connectivity index (χ0n) is 7.75. The second-order valence-electron chi connectivity index (χ2n) is 3.24.